The summed E-state index contributed by atoms with van der Waals surface area (Å²) in [4.78, 5) is 8.00. The van der Waals surface area contributed by atoms with Crippen molar-refractivity contribution in [1.29, 1.82) is 0 Å². The van der Waals surface area contributed by atoms with Crippen molar-refractivity contribution in [3.63, 3.8) is 0 Å². The quantitative estimate of drug-likeness (QED) is 0.463. The third kappa shape index (κ3) is 3.87. The summed E-state index contributed by atoms with van der Waals surface area (Å²) >= 11 is 0. The van der Waals surface area contributed by atoms with Crippen LogP contribution >= 0.6 is 0 Å². The van der Waals surface area contributed by atoms with Gasteiger partial charge in [-0.1, -0.05) is 48.2 Å². The number of rotatable bonds is 0. The van der Waals surface area contributed by atoms with Crippen LogP contribution in [0.4, 0.5) is 0 Å². The smallest absolute Gasteiger partial charge is 0.871 e. The minimum atomic E-state index is -0.0110. The van der Waals surface area contributed by atoms with Crippen molar-refractivity contribution >= 4 is 21.8 Å². The van der Waals surface area contributed by atoms with Gasteiger partial charge in [0.05, 0.1) is 5.52 Å². The van der Waals surface area contributed by atoms with E-state index >= 15 is 0 Å². The molecule has 2 heterocycles. The van der Waals surface area contributed by atoms with Crippen LogP contribution in [0.25, 0.3) is 21.8 Å². The van der Waals surface area contributed by atoms with E-state index in [9.17, 15) is 10.2 Å². The van der Waals surface area contributed by atoms with Crippen LogP contribution in [0.1, 0.15) is 0 Å². The molecule has 0 saturated heterocycles. The number of aromatic nitrogens is 2. The van der Waals surface area contributed by atoms with Gasteiger partial charge < -0.3 is 10.2 Å². The second-order valence-corrected chi connectivity index (χ2v) is 4.68. The Balaban J connectivity index is 0.000000160. The van der Waals surface area contributed by atoms with Crippen LogP contribution in [0.3, 0.4) is 0 Å². The summed E-state index contributed by atoms with van der Waals surface area (Å²) < 4.78 is 0. The Kier molecular flexibility index (Phi) is 5.71. The second kappa shape index (κ2) is 7.74. The molecular weight excluding hydrogens is 384 g/mol. The summed E-state index contributed by atoms with van der Waals surface area (Å²) in [6, 6.07) is 18.0. The van der Waals surface area contributed by atoms with Crippen molar-refractivity contribution in [3.8, 4) is 11.5 Å². The molecule has 118 valence electrons. The van der Waals surface area contributed by atoms with Gasteiger partial charge in [-0.05, 0) is 23.6 Å². The molecule has 0 atom stereocenters. The van der Waals surface area contributed by atoms with E-state index in [4.69, 9.17) is 0 Å². The van der Waals surface area contributed by atoms with E-state index in [1.807, 2.05) is 36.4 Å². The number of phenols is 1. The van der Waals surface area contributed by atoms with E-state index in [-0.39, 0.29) is 33.9 Å². The third-order valence-corrected chi connectivity index (χ3v) is 3.21. The first-order valence-corrected chi connectivity index (χ1v) is 6.79. The number of hydrogen-bond acceptors (Lipinski definition) is 4. The summed E-state index contributed by atoms with van der Waals surface area (Å²) in [5.41, 5.74) is 1.21. The van der Waals surface area contributed by atoms with Crippen molar-refractivity contribution < 1.29 is 32.6 Å². The summed E-state index contributed by atoms with van der Waals surface area (Å²) in [5.74, 6) is 0.228. The Morgan fingerprint density at radius 1 is 0.696 bits per heavy atom. The number of para-hydroxylation sites is 2. The van der Waals surface area contributed by atoms with Crippen LogP contribution in [-0.2, 0) is 22.4 Å². The molecule has 0 spiro atoms. The monoisotopic (exact) mass is 396 g/mol. The molecule has 5 heteroatoms. The van der Waals surface area contributed by atoms with E-state index in [1.54, 1.807) is 30.6 Å². The molecule has 4 rings (SSSR count). The number of fused-ring (bicyclic) bond motifs is 2. The molecule has 0 fully saturated rings. The van der Waals surface area contributed by atoms with Crippen LogP contribution < -0.4 is 5.11 Å². The summed E-state index contributed by atoms with van der Waals surface area (Å²) in [6.07, 6.45) is 3.30. The zero-order chi connectivity index (χ0) is 15.4. The van der Waals surface area contributed by atoms with E-state index in [0.29, 0.717) is 11.0 Å². The fraction of sp³-hybridized carbons (Fsp3) is 0. The van der Waals surface area contributed by atoms with Crippen LogP contribution in [-0.4, -0.2) is 15.1 Å². The summed E-state index contributed by atoms with van der Waals surface area (Å²) in [6.45, 7) is 0. The average Bonchev–Trinajstić information content (AvgIpc) is 2.57. The van der Waals surface area contributed by atoms with Gasteiger partial charge in [0.1, 0.15) is 11.3 Å². The molecule has 4 aromatic rings. The molecule has 2 aromatic carbocycles. The zero-order valence-electron chi connectivity index (χ0n) is 12.0. The van der Waals surface area contributed by atoms with Crippen molar-refractivity contribution in [2.24, 2.45) is 0 Å². The Labute approximate surface area is 149 Å². The molecule has 0 aliphatic heterocycles. The molecule has 23 heavy (non-hydrogen) atoms. The molecule has 0 saturated carbocycles. The predicted octanol–water partition coefficient (Wildman–Crippen LogP) is 3.25. The van der Waals surface area contributed by atoms with Crippen molar-refractivity contribution in [3.05, 3.63) is 73.1 Å². The van der Waals surface area contributed by atoms with Gasteiger partial charge in [-0.3, -0.25) is 9.97 Å². The number of hydrogen-bond donors (Lipinski definition) is 1. The number of aromatic hydroxyl groups is 1. The summed E-state index contributed by atoms with van der Waals surface area (Å²) in [7, 11) is 0. The van der Waals surface area contributed by atoms with Gasteiger partial charge in [0.25, 0.3) is 0 Å². The first-order chi connectivity index (χ1) is 10.8. The molecule has 0 radical (unpaired) electrons. The SMILES string of the molecule is Oc1cccc2cccnc12.[Ag+].[O-]c1cccc2cccnc12. The molecular formula is C18H13AgN2O2. The fourth-order valence-electron chi connectivity index (χ4n) is 2.16. The topological polar surface area (TPSA) is 69.1 Å². The van der Waals surface area contributed by atoms with Crippen LogP contribution in [0.2, 0.25) is 0 Å². The normalized spacial score (nSPS) is 9.74. The van der Waals surface area contributed by atoms with Gasteiger partial charge in [-0.25, -0.2) is 0 Å². The fourth-order valence-corrected chi connectivity index (χ4v) is 2.16. The van der Waals surface area contributed by atoms with Gasteiger partial charge in [-0.2, -0.15) is 0 Å². The number of benzene rings is 2. The molecule has 4 nitrogen and oxygen atoms in total. The van der Waals surface area contributed by atoms with Gasteiger partial charge in [-0.15, -0.1) is 0 Å². The van der Waals surface area contributed by atoms with Crippen molar-refractivity contribution in [2.45, 2.75) is 0 Å². The average molecular weight is 397 g/mol. The first-order valence-electron chi connectivity index (χ1n) is 6.79. The molecule has 1 N–H and O–H groups in total. The van der Waals surface area contributed by atoms with Crippen LogP contribution in [0.5, 0.6) is 11.5 Å². The molecule has 0 aliphatic carbocycles. The van der Waals surface area contributed by atoms with Crippen molar-refractivity contribution in [2.75, 3.05) is 0 Å². The maximum absolute atomic E-state index is 11.1. The second-order valence-electron chi connectivity index (χ2n) is 4.68. The molecule has 0 bridgehead atoms. The Bertz CT molecular complexity index is 841. The minimum Gasteiger partial charge on any atom is -0.871 e. The summed E-state index contributed by atoms with van der Waals surface area (Å²) in [5, 5.41) is 22.3. The number of nitrogens with zero attached hydrogens (tertiary/aromatic N) is 2. The molecule has 0 unspecified atom stereocenters. The standard InChI is InChI=1S/2C9H7NO.Ag/c2*11-8-5-1-3-7-4-2-6-10-9(7)8;/h2*1-6,11H;/q;;+1/p-1. The van der Waals surface area contributed by atoms with E-state index in [0.717, 1.165) is 10.8 Å². The largest absolute Gasteiger partial charge is 1.00 e. The van der Waals surface area contributed by atoms with E-state index in [1.165, 1.54) is 6.07 Å². The van der Waals surface area contributed by atoms with Gasteiger partial charge in [0, 0.05) is 17.8 Å². The Hall–Kier alpha value is -2.40. The maximum atomic E-state index is 11.1. The predicted molar refractivity (Wildman–Crippen MR) is 84.6 cm³/mol. The Morgan fingerprint density at radius 3 is 1.83 bits per heavy atom. The zero-order valence-corrected chi connectivity index (χ0v) is 13.5. The first kappa shape index (κ1) is 17.0. The van der Waals surface area contributed by atoms with Crippen LogP contribution in [0.15, 0.2) is 73.1 Å². The molecule has 0 amide bonds. The number of pyridine rings is 2. The Morgan fingerprint density at radius 2 is 1.22 bits per heavy atom. The van der Waals surface area contributed by atoms with Gasteiger partial charge >= 0.3 is 22.4 Å². The van der Waals surface area contributed by atoms with Crippen molar-refractivity contribution in [1.82, 2.24) is 9.97 Å². The van der Waals surface area contributed by atoms with Gasteiger partial charge in [0.15, 0.2) is 0 Å². The van der Waals surface area contributed by atoms with E-state index in [2.05, 4.69) is 9.97 Å². The molecule has 2 aromatic heterocycles. The van der Waals surface area contributed by atoms with Crippen LogP contribution in [0, 0.1) is 0 Å². The maximum Gasteiger partial charge on any atom is 1.00 e. The van der Waals surface area contributed by atoms with Gasteiger partial charge in [0.2, 0.25) is 0 Å². The minimum absolute atomic E-state index is 0. The van der Waals surface area contributed by atoms with E-state index < -0.39 is 0 Å². The molecule has 0 aliphatic rings. The third-order valence-electron chi connectivity index (χ3n) is 3.21. The number of phenolic OH excluding ortho intramolecular Hbond substituents is 1.